The Kier molecular flexibility index (Phi) is 1.02. The van der Waals surface area contributed by atoms with Crippen molar-refractivity contribution in [2.75, 3.05) is 0 Å². The molecule has 0 bridgehead atoms. The highest BCUT2D eigenvalue weighted by molar-refractivity contribution is 7.87. The Labute approximate surface area is 59.6 Å². The van der Waals surface area contributed by atoms with Crippen LogP contribution in [0.5, 0.6) is 0 Å². The van der Waals surface area contributed by atoms with Crippen LogP contribution < -0.4 is 0 Å². The first-order chi connectivity index (χ1) is 4.52. The van der Waals surface area contributed by atoms with Crippen LogP contribution in [0.1, 0.15) is 25.7 Å². The van der Waals surface area contributed by atoms with Crippen molar-refractivity contribution in [3.63, 3.8) is 0 Å². The Morgan fingerprint density at radius 3 is 2.10 bits per heavy atom. The second-order valence-electron chi connectivity index (χ2n) is 3.51. The zero-order chi connectivity index (χ0) is 7.41. The third-order valence-electron chi connectivity index (χ3n) is 2.68. The monoisotopic (exact) mass is 164 g/mol. The van der Waals surface area contributed by atoms with E-state index in [0.29, 0.717) is 12.8 Å². The normalized spacial score (nSPS) is 30.1. The molecule has 0 aromatic rings. The quantitative estimate of drug-likeness (QED) is 0.546. The van der Waals surface area contributed by atoms with Gasteiger partial charge < -0.3 is 0 Å². The number of rotatable bonds is 1. The van der Waals surface area contributed by atoms with Crippen LogP contribution in [0.4, 0.5) is 3.89 Å². The van der Waals surface area contributed by atoms with Crippen molar-refractivity contribution in [3.05, 3.63) is 0 Å². The lowest BCUT2D eigenvalue weighted by Crippen LogP contribution is -2.34. The summed E-state index contributed by atoms with van der Waals surface area (Å²) in [5.41, 5.74) is 0.282. The average molecular weight is 164 g/mol. The van der Waals surface area contributed by atoms with Crippen molar-refractivity contribution in [3.8, 4) is 0 Å². The molecule has 2 fully saturated rings. The maximum absolute atomic E-state index is 12.2. The molecule has 0 heterocycles. The summed E-state index contributed by atoms with van der Waals surface area (Å²) in [6.45, 7) is 0. The zero-order valence-corrected chi connectivity index (χ0v) is 6.32. The smallest absolute Gasteiger partial charge is 0.195 e. The summed E-state index contributed by atoms with van der Waals surface area (Å²) in [4.78, 5) is 0. The topological polar surface area (TPSA) is 34.1 Å². The molecule has 0 atom stereocenters. The lowest BCUT2D eigenvalue weighted by atomic mass is 9.81. The van der Waals surface area contributed by atoms with E-state index >= 15 is 0 Å². The molecule has 0 aromatic heterocycles. The van der Waals surface area contributed by atoms with Crippen LogP contribution in [0.2, 0.25) is 0 Å². The number of hydrogen-bond donors (Lipinski definition) is 0. The van der Waals surface area contributed by atoms with Crippen LogP contribution in [-0.2, 0) is 10.2 Å². The molecule has 0 aliphatic heterocycles. The minimum Gasteiger partial charge on any atom is -0.195 e. The van der Waals surface area contributed by atoms with Crippen LogP contribution in [0.3, 0.4) is 0 Å². The maximum atomic E-state index is 12.2. The third-order valence-corrected chi connectivity index (χ3v) is 3.81. The van der Waals surface area contributed by atoms with Gasteiger partial charge in [-0.2, -0.15) is 8.42 Å². The van der Waals surface area contributed by atoms with Crippen molar-refractivity contribution in [2.45, 2.75) is 30.9 Å². The fourth-order valence-electron chi connectivity index (χ4n) is 1.69. The number of hydrogen-bond acceptors (Lipinski definition) is 2. The molecule has 2 nitrogen and oxygen atoms in total. The summed E-state index contributed by atoms with van der Waals surface area (Å²) in [5.74, 6) is 0. The SMILES string of the molecule is O=S(=O)(F)C1CC2(CC2)C1. The molecule has 10 heavy (non-hydrogen) atoms. The van der Waals surface area contributed by atoms with Gasteiger partial charge in [-0.1, -0.05) is 0 Å². The molecular formula is C6H9FO2S. The van der Waals surface area contributed by atoms with Gasteiger partial charge in [0.25, 0.3) is 0 Å². The first kappa shape index (κ1) is 6.58. The van der Waals surface area contributed by atoms with E-state index in [4.69, 9.17) is 0 Å². The van der Waals surface area contributed by atoms with Gasteiger partial charge in [0.15, 0.2) is 0 Å². The van der Waals surface area contributed by atoms with Gasteiger partial charge in [-0.05, 0) is 31.1 Å². The van der Waals surface area contributed by atoms with E-state index in [-0.39, 0.29) is 5.41 Å². The molecule has 2 rings (SSSR count). The van der Waals surface area contributed by atoms with Gasteiger partial charge in [0.2, 0.25) is 0 Å². The van der Waals surface area contributed by atoms with E-state index in [0.717, 1.165) is 12.8 Å². The van der Waals surface area contributed by atoms with Crippen LogP contribution in [0, 0.1) is 5.41 Å². The highest BCUT2D eigenvalue weighted by Gasteiger charge is 2.57. The molecule has 0 aromatic carbocycles. The predicted molar refractivity (Wildman–Crippen MR) is 34.7 cm³/mol. The highest BCUT2D eigenvalue weighted by Crippen LogP contribution is 2.62. The van der Waals surface area contributed by atoms with Crippen molar-refractivity contribution < 1.29 is 12.3 Å². The molecule has 58 valence electrons. The van der Waals surface area contributed by atoms with Crippen molar-refractivity contribution in [1.82, 2.24) is 0 Å². The summed E-state index contributed by atoms with van der Waals surface area (Å²) in [6, 6.07) is 0. The molecule has 0 unspecified atom stereocenters. The minimum atomic E-state index is -4.20. The van der Waals surface area contributed by atoms with Crippen LogP contribution in [0.25, 0.3) is 0 Å². The molecule has 1 spiro atoms. The lowest BCUT2D eigenvalue weighted by molar-refractivity contribution is 0.283. The maximum Gasteiger partial charge on any atom is 0.305 e. The van der Waals surface area contributed by atoms with E-state index < -0.39 is 15.5 Å². The molecule has 2 saturated carbocycles. The second kappa shape index (κ2) is 1.55. The Morgan fingerprint density at radius 1 is 1.30 bits per heavy atom. The van der Waals surface area contributed by atoms with E-state index in [1.165, 1.54) is 0 Å². The Balaban J connectivity index is 2.02. The Bertz CT molecular complexity index is 245. The Morgan fingerprint density at radius 2 is 1.80 bits per heavy atom. The first-order valence-corrected chi connectivity index (χ1v) is 4.90. The van der Waals surface area contributed by atoms with E-state index in [2.05, 4.69) is 0 Å². The molecular weight excluding hydrogens is 155 g/mol. The third kappa shape index (κ3) is 0.856. The molecule has 0 radical (unpaired) electrons. The van der Waals surface area contributed by atoms with E-state index in [9.17, 15) is 12.3 Å². The van der Waals surface area contributed by atoms with Crippen LogP contribution in [0.15, 0.2) is 0 Å². The van der Waals surface area contributed by atoms with Crippen molar-refractivity contribution in [2.24, 2.45) is 5.41 Å². The molecule has 2 aliphatic rings. The molecule has 4 heteroatoms. The average Bonchev–Trinajstić information content (AvgIpc) is 2.32. The summed E-state index contributed by atoms with van der Waals surface area (Å²) in [6.07, 6.45) is 3.37. The van der Waals surface area contributed by atoms with E-state index in [1.54, 1.807) is 0 Å². The fraction of sp³-hybridized carbons (Fsp3) is 1.00. The standard InChI is InChI=1S/C6H9FO2S/c7-10(8,9)5-3-6(4-5)1-2-6/h5H,1-4H2. The molecule has 2 aliphatic carbocycles. The summed E-state index contributed by atoms with van der Waals surface area (Å²) in [7, 11) is -4.20. The number of halogens is 1. The predicted octanol–water partition coefficient (Wildman–Crippen LogP) is 1.23. The van der Waals surface area contributed by atoms with E-state index in [1.807, 2.05) is 0 Å². The molecule has 0 saturated heterocycles. The fourth-order valence-corrected chi connectivity index (χ4v) is 2.80. The summed E-state index contributed by atoms with van der Waals surface area (Å²) in [5, 5.41) is -0.657. The van der Waals surface area contributed by atoms with Gasteiger partial charge in [-0.15, -0.1) is 3.89 Å². The van der Waals surface area contributed by atoms with Gasteiger partial charge in [0.1, 0.15) is 0 Å². The molecule has 0 N–H and O–H groups in total. The lowest BCUT2D eigenvalue weighted by Gasteiger charge is -2.32. The van der Waals surface area contributed by atoms with Gasteiger partial charge in [-0.25, -0.2) is 0 Å². The first-order valence-electron chi connectivity index (χ1n) is 3.45. The summed E-state index contributed by atoms with van der Waals surface area (Å²) >= 11 is 0. The zero-order valence-electron chi connectivity index (χ0n) is 5.51. The minimum absolute atomic E-state index is 0.282. The van der Waals surface area contributed by atoms with Crippen molar-refractivity contribution >= 4 is 10.2 Å². The van der Waals surface area contributed by atoms with Gasteiger partial charge in [0, 0.05) is 0 Å². The van der Waals surface area contributed by atoms with Gasteiger partial charge in [0.05, 0.1) is 5.25 Å². The highest BCUT2D eigenvalue weighted by atomic mass is 32.3. The second-order valence-corrected chi connectivity index (χ2v) is 5.12. The van der Waals surface area contributed by atoms with Crippen LogP contribution >= 0.6 is 0 Å². The van der Waals surface area contributed by atoms with Gasteiger partial charge >= 0.3 is 10.2 Å². The van der Waals surface area contributed by atoms with Gasteiger partial charge in [-0.3, -0.25) is 0 Å². The Hall–Kier alpha value is -0.120. The van der Waals surface area contributed by atoms with Crippen molar-refractivity contribution in [1.29, 1.82) is 0 Å². The molecule has 0 amide bonds. The summed E-state index contributed by atoms with van der Waals surface area (Å²) < 4.78 is 32.7. The largest absolute Gasteiger partial charge is 0.305 e. The van der Waals surface area contributed by atoms with Crippen LogP contribution in [-0.4, -0.2) is 13.7 Å².